The summed E-state index contributed by atoms with van der Waals surface area (Å²) in [6, 6.07) is 11.5. The highest BCUT2D eigenvalue weighted by atomic mass is 79.9. The quantitative estimate of drug-likeness (QED) is 0.917. The van der Waals surface area contributed by atoms with Gasteiger partial charge in [0.05, 0.1) is 11.5 Å². The van der Waals surface area contributed by atoms with Gasteiger partial charge in [0.2, 0.25) is 0 Å². The van der Waals surface area contributed by atoms with Gasteiger partial charge in [-0.05, 0) is 50.3 Å². The molecular weight excluding hydrogens is 288 g/mol. The van der Waals surface area contributed by atoms with Gasteiger partial charge >= 0.3 is 0 Å². The molecule has 1 aliphatic carbocycles. The van der Waals surface area contributed by atoms with Crippen molar-refractivity contribution in [2.24, 2.45) is 5.41 Å². The van der Waals surface area contributed by atoms with Crippen LogP contribution in [0.1, 0.15) is 38.2 Å². The highest BCUT2D eigenvalue weighted by molar-refractivity contribution is 9.10. The van der Waals surface area contributed by atoms with Crippen LogP contribution in [0.15, 0.2) is 28.7 Å². The van der Waals surface area contributed by atoms with Crippen molar-refractivity contribution in [3.8, 4) is 6.07 Å². The molecule has 0 unspecified atom stereocenters. The number of nitriles is 1. The first-order valence-electron chi connectivity index (χ1n) is 6.40. The summed E-state index contributed by atoms with van der Waals surface area (Å²) >= 11 is 3.51. The van der Waals surface area contributed by atoms with Gasteiger partial charge in [-0.1, -0.05) is 28.1 Å². The van der Waals surface area contributed by atoms with Crippen LogP contribution in [0.5, 0.6) is 0 Å². The van der Waals surface area contributed by atoms with Crippen molar-refractivity contribution < 1.29 is 0 Å². The van der Waals surface area contributed by atoms with E-state index in [1.165, 1.54) is 18.4 Å². The number of nitrogens with zero attached hydrogens (tertiary/aromatic N) is 1. The highest BCUT2D eigenvalue weighted by Crippen LogP contribution is 2.37. The smallest absolute Gasteiger partial charge is 0.0697 e. The Morgan fingerprint density at radius 1 is 1.44 bits per heavy atom. The molecule has 1 aromatic rings. The molecular formula is C15H19BrN2. The lowest BCUT2D eigenvalue weighted by molar-refractivity contribution is 0.267. The summed E-state index contributed by atoms with van der Waals surface area (Å²) in [5.41, 5.74) is 1.16. The van der Waals surface area contributed by atoms with Gasteiger partial charge < -0.3 is 5.32 Å². The average molecular weight is 307 g/mol. The number of rotatable bonds is 4. The Hall–Kier alpha value is -0.850. The van der Waals surface area contributed by atoms with Crippen LogP contribution in [0.25, 0.3) is 0 Å². The Morgan fingerprint density at radius 2 is 2.17 bits per heavy atom. The molecule has 18 heavy (non-hydrogen) atoms. The Balaban J connectivity index is 1.80. The summed E-state index contributed by atoms with van der Waals surface area (Å²) in [4.78, 5) is 0. The second kappa shape index (κ2) is 5.42. The van der Waals surface area contributed by atoms with Gasteiger partial charge in [0, 0.05) is 17.1 Å². The first kappa shape index (κ1) is 13.6. The second-order valence-corrected chi connectivity index (χ2v) is 6.71. The van der Waals surface area contributed by atoms with Crippen LogP contribution in [-0.4, -0.2) is 12.6 Å². The van der Waals surface area contributed by atoms with E-state index < -0.39 is 0 Å². The third-order valence-corrected chi connectivity index (χ3v) is 4.09. The molecule has 0 spiro atoms. The molecule has 0 amide bonds. The number of halogens is 1. The zero-order valence-electron chi connectivity index (χ0n) is 10.9. The summed E-state index contributed by atoms with van der Waals surface area (Å²) in [6.07, 6.45) is 2.36. The second-order valence-electron chi connectivity index (χ2n) is 5.80. The van der Waals surface area contributed by atoms with Gasteiger partial charge in [0.25, 0.3) is 0 Å². The molecule has 0 bridgehead atoms. The third-order valence-electron chi connectivity index (χ3n) is 3.59. The Bertz CT molecular complexity index is 456. The van der Waals surface area contributed by atoms with Crippen LogP contribution < -0.4 is 5.32 Å². The zero-order valence-corrected chi connectivity index (χ0v) is 12.5. The van der Waals surface area contributed by atoms with Crippen molar-refractivity contribution in [3.05, 3.63) is 34.3 Å². The maximum absolute atomic E-state index is 8.96. The molecule has 1 aromatic carbocycles. The van der Waals surface area contributed by atoms with Crippen molar-refractivity contribution in [1.82, 2.24) is 5.32 Å². The molecule has 0 aliphatic heterocycles. The van der Waals surface area contributed by atoms with E-state index in [4.69, 9.17) is 5.26 Å². The lowest BCUT2D eigenvalue weighted by Gasteiger charge is -2.37. The highest BCUT2D eigenvalue weighted by Gasteiger charge is 2.31. The number of nitrogens with one attached hydrogen (secondary N) is 1. The van der Waals surface area contributed by atoms with Crippen molar-refractivity contribution in [2.45, 2.75) is 38.6 Å². The Kier molecular flexibility index (Phi) is 4.09. The first-order chi connectivity index (χ1) is 8.50. The van der Waals surface area contributed by atoms with Crippen LogP contribution in [0.3, 0.4) is 0 Å². The minimum Gasteiger partial charge on any atom is -0.312 e. The summed E-state index contributed by atoms with van der Waals surface area (Å²) in [6.45, 7) is 4.73. The molecule has 2 nitrogen and oxygen atoms in total. The van der Waals surface area contributed by atoms with E-state index >= 15 is 0 Å². The summed E-state index contributed by atoms with van der Waals surface area (Å²) < 4.78 is 1.15. The van der Waals surface area contributed by atoms with Crippen LogP contribution in [-0.2, 0) is 0 Å². The molecule has 1 saturated carbocycles. The van der Waals surface area contributed by atoms with Gasteiger partial charge in [-0.3, -0.25) is 0 Å². The first-order valence-corrected chi connectivity index (χ1v) is 7.19. The van der Waals surface area contributed by atoms with Crippen molar-refractivity contribution in [3.63, 3.8) is 0 Å². The van der Waals surface area contributed by atoms with Gasteiger partial charge in [0.1, 0.15) is 0 Å². The van der Waals surface area contributed by atoms with E-state index in [1.807, 2.05) is 13.8 Å². The maximum Gasteiger partial charge on any atom is 0.0697 e. The molecule has 0 heterocycles. The van der Waals surface area contributed by atoms with E-state index in [9.17, 15) is 0 Å². The van der Waals surface area contributed by atoms with Crippen LogP contribution in [0.2, 0.25) is 0 Å². The minimum absolute atomic E-state index is 0.263. The summed E-state index contributed by atoms with van der Waals surface area (Å²) in [5, 5.41) is 12.5. The van der Waals surface area contributed by atoms with Crippen LogP contribution in [0.4, 0.5) is 0 Å². The molecule has 0 radical (unpaired) electrons. The average Bonchev–Trinajstić information content (AvgIpc) is 2.27. The SMILES string of the molecule is CC(C)(C#N)CNC1CC(c2cccc(Br)c2)C1. The molecule has 96 valence electrons. The molecule has 1 fully saturated rings. The molecule has 3 heteroatoms. The fraction of sp³-hybridized carbons (Fsp3) is 0.533. The van der Waals surface area contributed by atoms with Crippen molar-refractivity contribution >= 4 is 15.9 Å². The lowest BCUT2D eigenvalue weighted by Crippen LogP contribution is -2.43. The van der Waals surface area contributed by atoms with Gasteiger partial charge in [-0.2, -0.15) is 5.26 Å². The molecule has 2 rings (SSSR count). The maximum atomic E-state index is 8.96. The predicted octanol–water partition coefficient (Wildman–Crippen LogP) is 3.83. The van der Waals surface area contributed by atoms with Crippen molar-refractivity contribution in [2.75, 3.05) is 6.54 Å². The fourth-order valence-corrected chi connectivity index (χ4v) is 2.67. The predicted molar refractivity (Wildman–Crippen MR) is 77.3 cm³/mol. The number of hydrogen-bond acceptors (Lipinski definition) is 2. The van der Waals surface area contributed by atoms with Gasteiger partial charge in [0.15, 0.2) is 0 Å². The zero-order chi connectivity index (χ0) is 13.2. The largest absolute Gasteiger partial charge is 0.312 e. The minimum atomic E-state index is -0.263. The van der Waals surface area contributed by atoms with Gasteiger partial charge in [-0.25, -0.2) is 0 Å². The Labute approximate surface area is 118 Å². The monoisotopic (exact) mass is 306 g/mol. The fourth-order valence-electron chi connectivity index (χ4n) is 2.26. The molecule has 1 N–H and O–H groups in total. The molecule has 0 saturated heterocycles. The molecule has 0 aromatic heterocycles. The van der Waals surface area contributed by atoms with Crippen molar-refractivity contribution in [1.29, 1.82) is 5.26 Å². The number of benzene rings is 1. The Morgan fingerprint density at radius 3 is 2.78 bits per heavy atom. The van der Waals surface area contributed by atoms with E-state index in [1.54, 1.807) is 0 Å². The number of hydrogen-bond donors (Lipinski definition) is 1. The normalized spacial score (nSPS) is 23.2. The molecule has 0 atom stereocenters. The van der Waals surface area contributed by atoms with E-state index in [0.29, 0.717) is 12.0 Å². The van der Waals surface area contributed by atoms with Crippen LogP contribution in [0, 0.1) is 16.7 Å². The molecule has 1 aliphatic rings. The summed E-state index contributed by atoms with van der Waals surface area (Å²) in [7, 11) is 0. The summed E-state index contributed by atoms with van der Waals surface area (Å²) in [5.74, 6) is 0.671. The van der Waals surface area contributed by atoms with E-state index in [-0.39, 0.29) is 5.41 Å². The van der Waals surface area contributed by atoms with E-state index in [2.05, 4.69) is 51.6 Å². The topological polar surface area (TPSA) is 35.8 Å². The lowest BCUT2D eigenvalue weighted by atomic mass is 9.75. The van der Waals surface area contributed by atoms with Crippen LogP contribution >= 0.6 is 15.9 Å². The third kappa shape index (κ3) is 3.34. The standard InChI is InChI=1S/C15H19BrN2/c1-15(2,9-17)10-18-14-7-12(8-14)11-4-3-5-13(16)6-11/h3-6,12,14,18H,7-8,10H2,1-2H3. The van der Waals surface area contributed by atoms with E-state index in [0.717, 1.165) is 11.0 Å². The van der Waals surface area contributed by atoms with Gasteiger partial charge in [-0.15, -0.1) is 0 Å².